The van der Waals surface area contributed by atoms with Gasteiger partial charge in [0.15, 0.2) is 0 Å². The largest absolute Gasteiger partial charge is 0.481 e. The summed E-state index contributed by atoms with van der Waals surface area (Å²) in [5.74, 6) is -1.31. The lowest BCUT2D eigenvalue weighted by Gasteiger charge is -2.29. The highest BCUT2D eigenvalue weighted by atomic mass is 16.6. The molecule has 0 spiro atoms. The number of hydrogen-bond acceptors (Lipinski definition) is 5. The second kappa shape index (κ2) is 7.99. The third-order valence-corrected chi connectivity index (χ3v) is 2.84. The van der Waals surface area contributed by atoms with Gasteiger partial charge in [-0.2, -0.15) is 0 Å². The van der Waals surface area contributed by atoms with Crippen molar-refractivity contribution >= 4 is 18.2 Å². The smallest absolute Gasteiger partial charge is 0.306 e. The van der Waals surface area contributed by atoms with Crippen molar-refractivity contribution in [2.75, 3.05) is 0 Å². The quantitative estimate of drug-likeness (QED) is 0.493. The van der Waals surface area contributed by atoms with E-state index in [0.717, 1.165) is 6.29 Å². The van der Waals surface area contributed by atoms with Crippen molar-refractivity contribution in [1.29, 1.82) is 0 Å². The Morgan fingerprint density at radius 2 is 1.70 bits per heavy atom. The molecule has 0 aromatic rings. The van der Waals surface area contributed by atoms with Crippen molar-refractivity contribution in [1.82, 2.24) is 0 Å². The Morgan fingerprint density at radius 3 is 2.15 bits per heavy atom. The minimum Gasteiger partial charge on any atom is -0.481 e. The van der Waals surface area contributed by atoms with E-state index in [4.69, 9.17) is 15.6 Å². The number of hydrogen-bond donors (Lipinski definition) is 2. The molecule has 0 bridgehead atoms. The lowest BCUT2D eigenvalue weighted by atomic mass is 9.85. The third kappa shape index (κ3) is 9.49. The van der Waals surface area contributed by atoms with Gasteiger partial charge in [-0.3, -0.25) is 9.59 Å². The number of aldehydes is 1. The van der Waals surface area contributed by atoms with E-state index in [1.807, 2.05) is 0 Å². The van der Waals surface area contributed by atoms with Crippen LogP contribution in [0.15, 0.2) is 0 Å². The Labute approximate surface area is 119 Å². The first-order valence-corrected chi connectivity index (χ1v) is 6.74. The van der Waals surface area contributed by atoms with Gasteiger partial charge in [0.25, 0.3) is 0 Å². The van der Waals surface area contributed by atoms with Crippen LogP contribution in [0, 0.1) is 0 Å². The number of carbonyl (C=O) groups excluding carboxylic acids is 2. The number of ether oxygens (including phenoxy) is 1. The Hall–Kier alpha value is -1.43. The zero-order valence-electron chi connectivity index (χ0n) is 12.5. The molecule has 0 rings (SSSR count). The number of nitrogens with two attached hydrogens (primary N) is 1. The lowest BCUT2D eigenvalue weighted by Crippen LogP contribution is -2.41. The van der Waals surface area contributed by atoms with E-state index in [2.05, 4.69) is 0 Å². The molecule has 0 aromatic carbocycles. The van der Waals surface area contributed by atoms with E-state index in [9.17, 15) is 14.4 Å². The Balaban J connectivity index is 4.44. The molecule has 6 heteroatoms. The van der Waals surface area contributed by atoms with E-state index in [1.54, 1.807) is 20.8 Å². The topological polar surface area (TPSA) is 107 Å². The molecule has 0 heterocycles. The predicted molar refractivity (Wildman–Crippen MR) is 74.2 cm³/mol. The standard InChI is InChI=1S/C14H25NO5/c1-13(2,3)20-12(19)6-9-14(15,7-4-10-16)8-5-11(17)18/h10H,4-9,15H2,1-3H3,(H,17,18). The van der Waals surface area contributed by atoms with Crippen molar-refractivity contribution in [3.63, 3.8) is 0 Å². The van der Waals surface area contributed by atoms with Gasteiger partial charge in [-0.05, 0) is 40.0 Å². The van der Waals surface area contributed by atoms with Crippen LogP contribution in [-0.2, 0) is 19.1 Å². The summed E-state index contributed by atoms with van der Waals surface area (Å²) in [6.07, 6.45) is 1.95. The molecule has 0 saturated heterocycles. The SMILES string of the molecule is CC(C)(C)OC(=O)CCC(N)(CCC=O)CCC(=O)O. The first kappa shape index (κ1) is 18.6. The van der Waals surface area contributed by atoms with Crippen molar-refractivity contribution in [3.05, 3.63) is 0 Å². The normalized spacial score (nSPS) is 14.4. The number of rotatable bonds is 9. The van der Waals surface area contributed by atoms with E-state index < -0.39 is 17.1 Å². The number of esters is 1. The van der Waals surface area contributed by atoms with E-state index in [1.165, 1.54) is 0 Å². The minimum absolute atomic E-state index is 0.0797. The number of aliphatic carboxylic acids is 1. The van der Waals surface area contributed by atoms with Gasteiger partial charge in [0.2, 0.25) is 0 Å². The number of carboxylic acids is 1. The van der Waals surface area contributed by atoms with Gasteiger partial charge in [-0.1, -0.05) is 0 Å². The summed E-state index contributed by atoms with van der Waals surface area (Å²) in [7, 11) is 0. The zero-order valence-corrected chi connectivity index (χ0v) is 12.5. The maximum Gasteiger partial charge on any atom is 0.306 e. The molecule has 0 saturated carbocycles. The monoisotopic (exact) mass is 287 g/mol. The molecular weight excluding hydrogens is 262 g/mol. The fourth-order valence-corrected chi connectivity index (χ4v) is 1.82. The molecule has 3 N–H and O–H groups in total. The number of carboxylic acid groups (broad SMARTS) is 1. The summed E-state index contributed by atoms with van der Waals surface area (Å²) in [4.78, 5) is 32.7. The molecule has 1 atom stereocenters. The van der Waals surface area contributed by atoms with Crippen LogP contribution in [0.2, 0.25) is 0 Å². The molecular formula is C14H25NO5. The predicted octanol–water partition coefficient (Wildman–Crippen LogP) is 1.65. The maximum atomic E-state index is 11.7. The van der Waals surface area contributed by atoms with Gasteiger partial charge in [-0.25, -0.2) is 0 Å². The van der Waals surface area contributed by atoms with Gasteiger partial charge in [0.05, 0.1) is 0 Å². The second-order valence-electron chi connectivity index (χ2n) is 6.05. The van der Waals surface area contributed by atoms with Crippen molar-refractivity contribution < 1.29 is 24.2 Å². The van der Waals surface area contributed by atoms with Crippen LogP contribution in [0.3, 0.4) is 0 Å². The highest BCUT2D eigenvalue weighted by Gasteiger charge is 2.27. The molecule has 1 unspecified atom stereocenters. The van der Waals surface area contributed by atoms with Crippen LogP contribution >= 0.6 is 0 Å². The minimum atomic E-state index is -0.941. The van der Waals surface area contributed by atoms with Gasteiger partial charge in [0.1, 0.15) is 11.9 Å². The first-order valence-electron chi connectivity index (χ1n) is 6.74. The molecule has 0 fully saturated rings. The summed E-state index contributed by atoms with van der Waals surface area (Å²) in [5.41, 5.74) is 4.73. The molecule has 0 aliphatic heterocycles. The van der Waals surface area contributed by atoms with Crippen LogP contribution in [0.4, 0.5) is 0 Å². The van der Waals surface area contributed by atoms with Crippen LogP contribution in [0.5, 0.6) is 0 Å². The van der Waals surface area contributed by atoms with Gasteiger partial charge >= 0.3 is 11.9 Å². The zero-order chi connectivity index (χ0) is 15.8. The van der Waals surface area contributed by atoms with Crippen LogP contribution in [0.25, 0.3) is 0 Å². The Kier molecular flexibility index (Phi) is 7.42. The molecule has 0 amide bonds. The fraction of sp³-hybridized carbons (Fsp3) is 0.786. The van der Waals surface area contributed by atoms with Crippen LogP contribution in [0.1, 0.15) is 59.3 Å². The Morgan fingerprint density at radius 1 is 1.15 bits per heavy atom. The van der Waals surface area contributed by atoms with Crippen molar-refractivity contribution in [2.45, 2.75) is 70.4 Å². The van der Waals surface area contributed by atoms with Crippen molar-refractivity contribution in [3.8, 4) is 0 Å². The Bertz CT molecular complexity index is 348. The summed E-state index contributed by atoms with van der Waals surface area (Å²) >= 11 is 0. The summed E-state index contributed by atoms with van der Waals surface area (Å²) in [6.45, 7) is 5.33. The third-order valence-electron chi connectivity index (χ3n) is 2.84. The molecule has 0 aromatic heterocycles. The van der Waals surface area contributed by atoms with Crippen molar-refractivity contribution in [2.24, 2.45) is 5.73 Å². The molecule has 0 aliphatic rings. The average Bonchev–Trinajstić information content (AvgIpc) is 2.30. The average molecular weight is 287 g/mol. The highest BCUT2D eigenvalue weighted by molar-refractivity contribution is 5.70. The van der Waals surface area contributed by atoms with Crippen LogP contribution in [-0.4, -0.2) is 34.5 Å². The molecule has 0 radical (unpaired) electrons. The molecule has 20 heavy (non-hydrogen) atoms. The highest BCUT2D eigenvalue weighted by Crippen LogP contribution is 2.23. The molecule has 6 nitrogen and oxygen atoms in total. The van der Waals surface area contributed by atoms with Gasteiger partial charge in [-0.15, -0.1) is 0 Å². The number of carbonyl (C=O) groups is 3. The summed E-state index contributed by atoms with van der Waals surface area (Å²) < 4.78 is 5.18. The lowest BCUT2D eigenvalue weighted by molar-refractivity contribution is -0.155. The second-order valence-corrected chi connectivity index (χ2v) is 6.05. The van der Waals surface area contributed by atoms with Gasteiger partial charge in [0, 0.05) is 24.8 Å². The first-order chi connectivity index (χ1) is 9.08. The van der Waals surface area contributed by atoms with E-state index in [0.29, 0.717) is 12.8 Å². The molecule has 116 valence electrons. The maximum absolute atomic E-state index is 11.7. The fourth-order valence-electron chi connectivity index (χ4n) is 1.82. The van der Waals surface area contributed by atoms with E-state index in [-0.39, 0.29) is 31.7 Å². The van der Waals surface area contributed by atoms with E-state index >= 15 is 0 Å². The molecule has 0 aliphatic carbocycles. The van der Waals surface area contributed by atoms with Crippen LogP contribution < -0.4 is 5.73 Å². The van der Waals surface area contributed by atoms with Gasteiger partial charge < -0.3 is 20.4 Å². The summed E-state index contributed by atoms with van der Waals surface area (Å²) in [5, 5.41) is 8.72. The summed E-state index contributed by atoms with van der Waals surface area (Å²) in [6, 6.07) is 0.